The SMILES string of the molecule is CC=Cc1ccccc1OCCCCCCNC(C)C. The van der Waals surface area contributed by atoms with Crippen LogP contribution in [0.15, 0.2) is 30.3 Å². The van der Waals surface area contributed by atoms with E-state index in [-0.39, 0.29) is 0 Å². The third kappa shape index (κ3) is 7.34. The molecular formula is C18H29NO. The second kappa shape index (κ2) is 10.5. The minimum atomic E-state index is 0.599. The van der Waals surface area contributed by atoms with Crippen LogP contribution in [0.4, 0.5) is 0 Å². The molecule has 0 saturated carbocycles. The second-order valence-electron chi connectivity index (χ2n) is 5.41. The van der Waals surface area contributed by atoms with Gasteiger partial charge >= 0.3 is 0 Å². The van der Waals surface area contributed by atoms with E-state index in [0.29, 0.717) is 6.04 Å². The molecule has 0 spiro atoms. The molecule has 0 amide bonds. The first-order valence-electron chi connectivity index (χ1n) is 7.82. The van der Waals surface area contributed by atoms with Gasteiger partial charge in [0.1, 0.15) is 5.75 Å². The Bertz CT molecular complexity index is 385. The molecule has 0 aromatic heterocycles. The number of benzene rings is 1. The van der Waals surface area contributed by atoms with Crippen molar-refractivity contribution in [1.82, 2.24) is 5.32 Å². The van der Waals surface area contributed by atoms with Crippen LogP contribution in [-0.4, -0.2) is 19.2 Å². The van der Waals surface area contributed by atoms with E-state index < -0.39 is 0 Å². The Balaban J connectivity index is 2.12. The van der Waals surface area contributed by atoms with E-state index in [4.69, 9.17) is 4.74 Å². The molecule has 2 heteroatoms. The van der Waals surface area contributed by atoms with Crippen LogP contribution < -0.4 is 10.1 Å². The molecule has 1 aromatic carbocycles. The summed E-state index contributed by atoms with van der Waals surface area (Å²) in [4.78, 5) is 0. The highest BCUT2D eigenvalue weighted by molar-refractivity contribution is 5.56. The lowest BCUT2D eigenvalue weighted by atomic mass is 10.2. The monoisotopic (exact) mass is 275 g/mol. The Kier molecular flexibility index (Phi) is 8.81. The number of rotatable bonds is 10. The number of ether oxygens (including phenoxy) is 1. The van der Waals surface area contributed by atoms with Crippen LogP contribution in [0.25, 0.3) is 6.08 Å². The summed E-state index contributed by atoms with van der Waals surface area (Å²) in [6, 6.07) is 8.81. The molecule has 1 N–H and O–H groups in total. The summed E-state index contributed by atoms with van der Waals surface area (Å²) in [7, 11) is 0. The number of unbranched alkanes of at least 4 members (excludes halogenated alkanes) is 3. The lowest BCUT2D eigenvalue weighted by molar-refractivity contribution is 0.304. The van der Waals surface area contributed by atoms with Gasteiger partial charge < -0.3 is 10.1 Å². The van der Waals surface area contributed by atoms with E-state index in [0.717, 1.165) is 30.9 Å². The van der Waals surface area contributed by atoms with Crippen LogP contribution in [0.5, 0.6) is 5.75 Å². The molecule has 0 radical (unpaired) electrons. The van der Waals surface area contributed by atoms with Crippen molar-refractivity contribution >= 4 is 6.08 Å². The van der Waals surface area contributed by atoms with Crippen LogP contribution in [0.2, 0.25) is 0 Å². The molecule has 1 aromatic rings. The van der Waals surface area contributed by atoms with Gasteiger partial charge in [0.2, 0.25) is 0 Å². The number of para-hydroxylation sites is 1. The third-order valence-corrected chi connectivity index (χ3v) is 3.15. The molecule has 112 valence electrons. The van der Waals surface area contributed by atoms with Crippen LogP contribution >= 0.6 is 0 Å². The van der Waals surface area contributed by atoms with Crippen molar-refractivity contribution in [3.8, 4) is 5.75 Å². The molecule has 0 saturated heterocycles. The van der Waals surface area contributed by atoms with Gasteiger partial charge in [-0.3, -0.25) is 0 Å². The second-order valence-corrected chi connectivity index (χ2v) is 5.41. The maximum absolute atomic E-state index is 5.87. The standard InChI is InChI=1S/C18H29NO/c1-4-11-17-12-7-8-13-18(17)20-15-10-6-5-9-14-19-16(2)3/h4,7-8,11-13,16,19H,5-6,9-10,14-15H2,1-3H3. The van der Waals surface area contributed by atoms with Crippen LogP contribution in [-0.2, 0) is 0 Å². The van der Waals surface area contributed by atoms with Crippen molar-refractivity contribution in [3.63, 3.8) is 0 Å². The normalized spacial score (nSPS) is 11.4. The van der Waals surface area contributed by atoms with Crippen molar-refractivity contribution in [3.05, 3.63) is 35.9 Å². The van der Waals surface area contributed by atoms with Crippen LogP contribution in [0, 0.1) is 0 Å². The first-order chi connectivity index (χ1) is 9.74. The Labute approximate surface area is 124 Å². The highest BCUT2D eigenvalue weighted by Gasteiger charge is 1.99. The molecular weight excluding hydrogens is 246 g/mol. The van der Waals surface area contributed by atoms with Crippen LogP contribution in [0.1, 0.15) is 52.0 Å². The summed E-state index contributed by atoms with van der Waals surface area (Å²) < 4.78 is 5.87. The smallest absolute Gasteiger partial charge is 0.126 e. The van der Waals surface area contributed by atoms with Gasteiger partial charge in [-0.15, -0.1) is 0 Å². The minimum absolute atomic E-state index is 0.599. The molecule has 0 heterocycles. The van der Waals surface area contributed by atoms with Crippen molar-refractivity contribution in [2.45, 2.75) is 52.5 Å². The maximum Gasteiger partial charge on any atom is 0.126 e. The van der Waals surface area contributed by atoms with Crippen molar-refractivity contribution in [2.75, 3.05) is 13.2 Å². The van der Waals surface area contributed by atoms with Gasteiger partial charge in [-0.25, -0.2) is 0 Å². The number of nitrogens with one attached hydrogen (secondary N) is 1. The van der Waals surface area contributed by atoms with E-state index in [2.05, 4.69) is 31.3 Å². The average molecular weight is 275 g/mol. The van der Waals surface area contributed by atoms with Crippen molar-refractivity contribution in [1.29, 1.82) is 0 Å². The predicted octanol–water partition coefficient (Wildman–Crippen LogP) is 4.66. The molecule has 1 rings (SSSR count). The summed E-state index contributed by atoms with van der Waals surface area (Å²) in [6.07, 6.45) is 9.04. The topological polar surface area (TPSA) is 21.3 Å². The third-order valence-electron chi connectivity index (χ3n) is 3.15. The van der Waals surface area contributed by atoms with Gasteiger partial charge in [-0.1, -0.05) is 57.0 Å². The zero-order valence-electron chi connectivity index (χ0n) is 13.2. The molecule has 0 atom stereocenters. The molecule has 0 aliphatic carbocycles. The molecule has 0 unspecified atom stereocenters. The Morgan fingerprint density at radius 3 is 2.60 bits per heavy atom. The van der Waals surface area contributed by atoms with E-state index in [1.807, 2.05) is 31.2 Å². The van der Waals surface area contributed by atoms with Gasteiger partial charge in [0.05, 0.1) is 6.61 Å². The van der Waals surface area contributed by atoms with E-state index >= 15 is 0 Å². The number of hydrogen-bond acceptors (Lipinski definition) is 2. The van der Waals surface area contributed by atoms with Gasteiger partial charge in [0.25, 0.3) is 0 Å². The summed E-state index contributed by atoms with van der Waals surface area (Å²) in [5.74, 6) is 0.993. The molecule has 0 aliphatic heterocycles. The summed E-state index contributed by atoms with van der Waals surface area (Å²) in [5.41, 5.74) is 1.16. The highest BCUT2D eigenvalue weighted by atomic mass is 16.5. The zero-order chi connectivity index (χ0) is 14.6. The van der Waals surface area contributed by atoms with Gasteiger partial charge in [0.15, 0.2) is 0 Å². The lowest BCUT2D eigenvalue weighted by Gasteiger charge is -2.10. The van der Waals surface area contributed by atoms with Crippen molar-refractivity contribution in [2.24, 2.45) is 0 Å². The van der Waals surface area contributed by atoms with E-state index in [9.17, 15) is 0 Å². The maximum atomic E-state index is 5.87. The Morgan fingerprint density at radius 2 is 1.85 bits per heavy atom. The molecule has 0 bridgehead atoms. The quantitative estimate of drug-likeness (QED) is 0.627. The Hall–Kier alpha value is -1.28. The molecule has 2 nitrogen and oxygen atoms in total. The number of hydrogen-bond donors (Lipinski definition) is 1. The lowest BCUT2D eigenvalue weighted by Crippen LogP contribution is -2.23. The number of allylic oxidation sites excluding steroid dienone is 1. The average Bonchev–Trinajstić information content (AvgIpc) is 2.43. The molecule has 0 fully saturated rings. The zero-order valence-corrected chi connectivity index (χ0v) is 13.2. The first-order valence-corrected chi connectivity index (χ1v) is 7.82. The van der Waals surface area contributed by atoms with Gasteiger partial charge in [-0.2, -0.15) is 0 Å². The minimum Gasteiger partial charge on any atom is -0.493 e. The highest BCUT2D eigenvalue weighted by Crippen LogP contribution is 2.19. The van der Waals surface area contributed by atoms with Crippen LogP contribution in [0.3, 0.4) is 0 Å². The van der Waals surface area contributed by atoms with Gasteiger partial charge in [0, 0.05) is 11.6 Å². The Morgan fingerprint density at radius 1 is 1.10 bits per heavy atom. The first kappa shape index (κ1) is 16.8. The summed E-state index contributed by atoms with van der Waals surface area (Å²) >= 11 is 0. The molecule has 20 heavy (non-hydrogen) atoms. The fraction of sp³-hybridized carbons (Fsp3) is 0.556. The molecule has 0 aliphatic rings. The fourth-order valence-electron chi connectivity index (χ4n) is 2.08. The van der Waals surface area contributed by atoms with Gasteiger partial charge in [-0.05, 0) is 32.4 Å². The summed E-state index contributed by atoms with van der Waals surface area (Å²) in [6.45, 7) is 8.35. The predicted molar refractivity (Wildman–Crippen MR) is 88.3 cm³/mol. The largest absolute Gasteiger partial charge is 0.493 e. The fourth-order valence-corrected chi connectivity index (χ4v) is 2.08. The summed E-state index contributed by atoms with van der Waals surface area (Å²) in [5, 5.41) is 3.44. The van der Waals surface area contributed by atoms with E-state index in [1.165, 1.54) is 19.3 Å². The van der Waals surface area contributed by atoms with E-state index in [1.54, 1.807) is 0 Å². The van der Waals surface area contributed by atoms with Crippen molar-refractivity contribution < 1.29 is 4.74 Å².